The molecule has 0 aliphatic heterocycles. The highest BCUT2D eigenvalue weighted by atomic mass is 16.1. The van der Waals surface area contributed by atoms with Gasteiger partial charge in [0.2, 0.25) is 0 Å². The van der Waals surface area contributed by atoms with Crippen molar-refractivity contribution in [3.05, 3.63) is 52.3 Å². The highest BCUT2D eigenvalue weighted by Crippen LogP contribution is 2.22. The molecule has 2 aromatic rings. The number of carbonyl (C=O) groups excluding carboxylic acids is 1. The maximum Gasteiger partial charge on any atom is 0.151 e. The van der Waals surface area contributed by atoms with Gasteiger partial charge in [-0.15, -0.1) is 0 Å². The predicted octanol–water partition coefficient (Wildman–Crippen LogP) is 3.78. The summed E-state index contributed by atoms with van der Waals surface area (Å²) in [4.78, 5) is 11.0. The predicted molar refractivity (Wildman–Crippen MR) is 74.7 cm³/mol. The van der Waals surface area contributed by atoms with Crippen LogP contribution in [0.25, 0.3) is 5.69 Å². The molecule has 2 rings (SSSR count). The van der Waals surface area contributed by atoms with Gasteiger partial charge < -0.3 is 4.57 Å². The molecule has 18 heavy (non-hydrogen) atoms. The van der Waals surface area contributed by atoms with Crippen LogP contribution in [0.3, 0.4) is 0 Å². The van der Waals surface area contributed by atoms with Gasteiger partial charge in [0.15, 0.2) is 6.29 Å². The number of hydrogen-bond donors (Lipinski definition) is 0. The van der Waals surface area contributed by atoms with Crippen molar-refractivity contribution >= 4 is 6.29 Å². The summed E-state index contributed by atoms with van der Waals surface area (Å²) in [6.45, 7) is 8.32. The third kappa shape index (κ3) is 1.99. The Morgan fingerprint density at radius 2 is 1.89 bits per heavy atom. The smallest absolute Gasteiger partial charge is 0.151 e. The SMILES string of the molecule is CCc1ccc(-n2c(C)cc(C=O)c2C)cc1C. The Bertz CT molecular complexity index is 593. The number of aromatic nitrogens is 1. The van der Waals surface area contributed by atoms with Crippen LogP contribution in [0.1, 0.15) is 39.8 Å². The molecule has 0 amide bonds. The van der Waals surface area contributed by atoms with Crippen LogP contribution in [0.2, 0.25) is 0 Å². The lowest BCUT2D eigenvalue weighted by atomic mass is 10.1. The molecule has 0 saturated heterocycles. The molecule has 0 fully saturated rings. The fourth-order valence-corrected chi connectivity index (χ4v) is 2.52. The van der Waals surface area contributed by atoms with Gasteiger partial charge in [0.1, 0.15) is 0 Å². The zero-order chi connectivity index (χ0) is 13.3. The number of hydrogen-bond acceptors (Lipinski definition) is 1. The van der Waals surface area contributed by atoms with Gasteiger partial charge in [-0.05, 0) is 56.5 Å². The summed E-state index contributed by atoms with van der Waals surface area (Å²) in [5, 5.41) is 0. The second-order valence-corrected chi connectivity index (χ2v) is 4.74. The van der Waals surface area contributed by atoms with Gasteiger partial charge >= 0.3 is 0 Å². The summed E-state index contributed by atoms with van der Waals surface area (Å²) in [6, 6.07) is 8.42. The first kappa shape index (κ1) is 12.6. The molecule has 0 spiro atoms. The van der Waals surface area contributed by atoms with Crippen LogP contribution in [0.5, 0.6) is 0 Å². The first-order chi connectivity index (χ1) is 8.58. The summed E-state index contributed by atoms with van der Waals surface area (Å²) in [5.74, 6) is 0. The maximum absolute atomic E-state index is 11.0. The number of rotatable bonds is 3. The van der Waals surface area contributed by atoms with Gasteiger partial charge in [0, 0.05) is 22.6 Å². The Labute approximate surface area is 108 Å². The lowest BCUT2D eigenvalue weighted by molar-refractivity contribution is 0.112. The minimum Gasteiger partial charge on any atom is -0.318 e. The summed E-state index contributed by atoms with van der Waals surface area (Å²) >= 11 is 0. The van der Waals surface area contributed by atoms with Crippen LogP contribution in [0, 0.1) is 20.8 Å². The summed E-state index contributed by atoms with van der Waals surface area (Å²) < 4.78 is 2.14. The quantitative estimate of drug-likeness (QED) is 0.750. The molecule has 2 nitrogen and oxygen atoms in total. The average Bonchev–Trinajstić information content (AvgIpc) is 2.64. The molecule has 0 radical (unpaired) electrons. The van der Waals surface area contributed by atoms with Crippen LogP contribution in [0.15, 0.2) is 24.3 Å². The summed E-state index contributed by atoms with van der Waals surface area (Å²) in [6.07, 6.45) is 1.97. The molecule has 0 saturated carbocycles. The molecule has 2 heteroatoms. The van der Waals surface area contributed by atoms with Crippen LogP contribution >= 0.6 is 0 Å². The van der Waals surface area contributed by atoms with E-state index in [0.717, 1.165) is 35.3 Å². The molecule has 0 aliphatic carbocycles. The Balaban J connectivity index is 2.58. The number of aryl methyl sites for hydroxylation is 3. The van der Waals surface area contributed by atoms with Crippen LogP contribution in [-0.2, 0) is 6.42 Å². The molecular formula is C16H19NO. The Morgan fingerprint density at radius 3 is 2.39 bits per heavy atom. The topological polar surface area (TPSA) is 22.0 Å². The van der Waals surface area contributed by atoms with Crippen LogP contribution < -0.4 is 0 Å². The highest BCUT2D eigenvalue weighted by molar-refractivity contribution is 5.77. The van der Waals surface area contributed by atoms with Gasteiger partial charge in [-0.25, -0.2) is 0 Å². The fourth-order valence-electron chi connectivity index (χ4n) is 2.52. The van der Waals surface area contributed by atoms with Gasteiger partial charge in [-0.1, -0.05) is 13.0 Å². The number of benzene rings is 1. The van der Waals surface area contributed by atoms with Crippen LogP contribution in [0.4, 0.5) is 0 Å². The lowest BCUT2D eigenvalue weighted by Gasteiger charge is -2.12. The number of nitrogens with zero attached hydrogens (tertiary/aromatic N) is 1. The Morgan fingerprint density at radius 1 is 1.17 bits per heavy atom. The molecule has 0 bridgehead atoms. The third-order valence-corrected chi connectivity index (χ3v) is 3.56. The normalized spacial score (nSPS) is 10.7. The van der Waals surface area contributed by atoms with Crippen molar-refractivity contribution in [2.24, 2.45) is 0 Å². The highest BCUT2D eigenvalue weighted by Gasteiger charge is 2.10. The van der Waals surface area contributed by atoms with Crippen LogP contribution in [-0.4, -0.2) is 10.9 Å². The molecule has 0 aliphatic rings. The van der Waals surface area contributed by atoms with E-state index < -0.39 is 0 Å². The van der Waals surface area contributed by atoms with E-state index in [2.05, 4.69) is 36.6 Å². The second kappa shape index (κ2) is 4.81. The first-order valence-corrected chi connectivity index (χ1v) is 6.32. The number of aldehydes is 1. The molecule has 1 aromatic carbocycles. The minimum atomic E-state index is 0.768. The van der Waals surface area contributed by atoms with E-state index in [0.29, 0.717) is 0 Å². The van der Waals surface area contributed by atoms with Crippen molar-refractivity contribution in [1.82, 2.24) is 4.57 Å². The zero-order valence-corrected chi connectivity index (χ0v) is 11.4. The molecule has 0 unspecified atom stereocenters. The van der Waals surface area contributed by atoms with Crippen molar-refractivity contribution in [2.45, 2.75) is 34.1 Å². The second-order valence-electron chi connectivity index (χ2n) is 4.74. The molecule has 1 aromatic heterocycles. The van der Waals surface area contributed by atoms with E-state index in [1.54, 1.807) is 0 Å². The third-order valence-electron chi connectivity index (χ3n) is 3.56. The van der Waals surface area contributed by atoms with E-state index in [1.165, 1.54) is 11.1 Å². The van der Waals surface area contributed by atoms with Crippen molar-refractivity contribution < 1.29 is 4.79 Å². The van der Waals surface area contributed by atoms with E-state index in [1.807, 2.05) is 19.9 Å². The Kier molecular flexibility index (Phi) is 3.37. The molecule has 0 atom stereocenters. The van der Waals surface area contributed by atoms with Gasteiger partial charge in [-0.3, -0.25) is 4.79 Å². The molecule has 1 heterocycles. The molecular weight excluding hydrogens is 222 g/mol. The van der Waals surface area contributed by atoms with Crippen molar-refractivity contribution in [2.75, 3.05) is 0 Å². The molecule has 94 valence electrons. The lowest BCUT2D eigenvalue weighted by Crippen LogP contribution is -2.01. The fraction of sp³-hybridized carbons (Fsp3) is 0.312. The van der Waals surface area contributed by atoms with E-state index in [4.69, 9.17) is 0 Å². The zero-order valence-electron chi connectivity index (χ0n) is 11.4. The summed E-state index contributed by atoms with van der Waals surface area (Å²) in [7, 11) is 0. The van der Waals surface area contributed by atoms with Crippen molar-refractivity contribution in [3.63, 3.8) is 0 Å². The monoisotopic (exact) mass is 241 g/mol. The van der Waals surface area contributed by atoms with E-state index >= 15 is 0 Å². The van der Waals surface area contributed by atoms with Gasteiger partial charge in [-0.2, -0.15) is 0 Å². The van der Waals surface area contributed by atoms with E-state index in [9.17, 15) is 4.79 Å². The number of carbonyl (C=O) groups is 1. The molecule has 0 N–H and O–H groups in total. The maximum atomic E-state index is 11.0. The van der Waals surface area contributed by atoms with Crippen molar-refractivity contribution in [3.8, 4) is 5.69 Å². The minimum absolute atomic E-state index is 0.768. The van der Waals surface area contributed by atoms with E-state index in [-0.39, 0.29) is 0 Å². The summed E-state index contributed by atoms with van der Waals surface area (Å²) in [5.41, 5.74) is 6.67. The van der Waals surface area contributed by atoms with Crippen molar-refractivity contribution in [1.29, 1.82) is 0 Å². The van der Waals surface area contributed by atoms with Gasteiger partial charge in [0.25, 0.3) is 0 Å². The standard InChI is InChI=1S/C16H19NO/c1-5-14-6-7-16(8-11(14)2)17-12(3)9-15(10-18)13(17)4/h6-10H,5H2,1-4H3. The average molecular weight is 241 g/mol. The van der Waals surface area contributed by atoms with Gasteiger partial charge in [0.05, 0.1) is 0 Å². The largest absolute Gasteiger partial charge is 0.318 e. The first-order valence-electron chi connectivity index (χ1n) is 6.32. The Hall–Kier alpha value is -1.83.